The molecular weight excluding hydrogens is 214 g/mol. The molecule has 2 fully saturated rings. The summed E-state index contributed by atoms with van der Waals surface area (Å²) in [5.74, 6) is 0.598. The fourth-order valence-electron chi connectivity index (χ4n) is 3.03. The molecule has 1 aliphatic heterocycles. The van der Waals surface area contributed by atoms with Gasteiger partial charge in [0.2, 0.25) is 0 Å². The normalized spacial score (nSPS) is 28.8. The quantitative estimate of drug-likeness (QED) is 0.803. The smallest absolute Gasteiger partial charge is 0.125 e. The van der Waals surface area contributed by atoms with Gasteiger partial charge in [0.25, 0.3) is 0 Å². The molecule has 0 bridgehead atoms. The van der Waals surface area contributed by atoms with Crippen LogP contribution in [0.2, 0.25) is 0 Å². The van der Waals surface area contributed by atoms with Crippen molar-refractivity contribution in [3.63, 3.8) is 0 Å². The third-order valence-electron chi connectivity index (χ3n) is 3.83. The Labute approximate surface area is 102 Å². The van der Waals surface area contributed by atoms with Crippen LogP contribution in [0.1, 0.15) is 25.7 Å². The molecule has 0 spiro atoms. The fourth-order valence-corrected chi connectivity index (χ4v) is 3.03. The van der Waals surface area contributed by atoms with Gasteiger partial charge in [-0.3, -0.25) is 0 Å². The van der Waals surface area contributed by atoms with E-state index in [4.69, 9.17) is 10.5 Å². The van der Waals surface area contributed by atoms with Crippen LogP contribution in [0.15, 0.2) is 18.3 Å². The van der Waals surface area contributed by atoms with E-state index < -0.39 is 0 Å². The summed E-state index contributed by atoms with van der Waals surface area (Å²) in [7, 11) is 0. The Kier molecular flexibility index (Phi) is 2.89. The van der Waals surface area contributed by atoms with Crippen molar-refractivity contribution in [1.82, 2.24) is 4.98 Å². The second-order valence-electron chi connectivity index (χ2n) is 4.89. The molecule has 2 unspecified atom stereocenters. The molecule has 1 aromatic rings. The standard InChI is InChI=1S/C13H19N3O/c14-13-9-10(5-6-15-13)16-7-8-17-12-4-2-1-3-11(12)16/h5-6,9,11-12H,1-4,7-8H2,(H2,14,15). The first kappa shape index (κ1) is 10.8. The molecule has 2 heterocycles. The fraction of sp³-hybridized carbons (Fsp3) is 0.615. The lowest BCUT2D eigenvalue weighted by atomic mass is 9.90. The largest absolute Gasteiger partial charge is 0.384 e. The van der Waals surface area contributed by atoms with Gasteiger partial charge < -0.3 is 15.4 Å². The summed E-state index contributed by atoms with van der Waals surface area (Å²) in [5, 5.41) is 0. The highest BCUT2D eigenvalue weighted by Crippen LogP contribution is 2.32. The predicted octanol–water partition coefficient (Wildman–Crippen LogP) is 1.81. The van der Waals surface area contributed by atoms with Gasteiger partial charge >= 0.3 is 0 Å². The second kappa shape index (κ2) is 4.53. The predicted molar refractivity (Wildman–Crippen MR) is 68.0 cm³/mol. The van der Waals surface area contributed by atoms with Gasteiger partial charge in [0.15, 0.2) is 0 Å². The number of nitrogens with zero attached hydrogens (tertiary/aromatic N) is 2. The van der Waals surface area contributed by atoms with E-state index in [0.717, 1.165) is 13.2 Å². The second-order valence-corrected chi connectivity index (χ2v) is 4.89. The maximum Gasteiger partial charge on any atom is 0.125 e. The number of nitrogens with two attached hydrogens (primary N) is 1. The lowest BCUT2D eigenvalue weighted by molar-refractivity contribution is -0.00867. The first-order valence-electron chi connectivity index (χ1n) is 6.44. The zero-order chi connectivity index (χ0) is 11.7. The van der Waals surface area contributed by atoms with E-state index in [1.54, 1.807) is 6.20 Å². The average molecular weight is 233 g/mol. The van der Waals surface area contributed by atoms with Crippen molar-refractivity contribution in [2.24, 2.45) is 0 Å². The summed E-state index contributed by atoms with van der Waals surface area (Å²) < 4.78 is 5.88. The van der Waals surface area contributed by atoms with Gasteiger partial charge in [-0.05, 0) is 18.9 Å². The number of anilines is 2. The molecule has 0 amide bonds. The molecule has 17 heavy (non-hydrogen) atoms. The van der Waals surface area contributed by atoms with Gasteiger partial charge in [0, 0.05) is 24.5 Å². The van der Waals surface area contributed by atoms with Crippen molar-refractivity contribution in [2.45, 2.75) is 37.8 Å². The molecular formula is C13H19N3O. The molecule has 3 rings (SSSR count). The van der Waals surface area contributed by atoms with Gasteiger partial charge in [0.05, 0.1) is 18.8 Å². The molecule has 0 radical (unpaired) electrons. The van der Waals surface area contributed by atoms with Crippen molar-refractivity contribution in [3.8, 4) is 0 Å². The molecule has 4 nitrogen and oxygen atoms in total. The highest BCUT2D eigenvalue weighted by molar-refractivity contribution is 5.53. The maximum absolute atomic E-state index is 5.88. The van der Waals surface area contributed by atoms with E-state index in [2.05, 4.69) is 9.88 Å². The van der Waals surface area contributed by atoms with Crippen LogP contribution in [0.5, 0.6) is 0 Å². The van der Waals surface area contributed by atoms with E-state index >= 15 is 0 Å². The zero-order valence-corrected chi connectivity index (χ0v) is 10.0. The van der Waals surface area contributed by atoms with E-state index in [9.17, 15) is 0 Å². The van der Waals surface area contributed by atoms with Gasteiger partial charge in [-0.1, -0.05) is 12.8 Å². The van der Waals surface area contributed by atoms with Crippen molar-refractivity contribution in [2.75, 3.05) is 23.8 Å². The Bertz CT molecular complexity index is 394. The summed E-state index contributed by atoms with van der Waals surface area (Å²) in [6.07, 6.45) is 7.23. The number of ether oxygens (including phenoxy) is 1. The number of hydrogen-bond donors (Lipinski definition) is 1. The summed E-state index contributed by atoms with van der Waals surface area (Å²) in [6.45, 7) is 1.79. The van der Waals surface area contributed by atoms with E-state index in [1.165, 1.54) is 31.4 Å². The van der Waals surface area contributed by atoms with Gasteiger partial charge in [0.1, 0.15) is 5.82 Å². The zero-order valence-electron chi connectivity index (χ0n) is 10.0. The van der Waals surface area contributed by atoms with Gasteiger partial charge in [-0.2, -0.15) is 0 Å². The van der Waals surface area contributed by atoms with E-state index in [1.807, 2.05) is 12.1 Å². The first-order chi connectivity index (χ1) is 8.34. The van der Waals surface area contributed by atoms with Crippen molar-refractivity contribution >= 4 is 11.5 Å². The first-order valence-corrected chi connectivity index (χ1v) is 6.44. The highest BCUT2D eigenvalue weighted by atomic mass is 16.5. The minimum absolute atomic E-state index is 0.409. The monoisotopic (exact) mass is 233 g/mol. The Morgan fingerprint density at radius 1 is 1.35 bits per heavy atom. The van der Waals surface area contributed by atoms with Crippen molar-refractivity contribution < 1.29 is 4.74 Å². The number of nitrogen functional groups attached to an aromatic ring is 1. The molecule has 1 saturated heterocycles. The van der Waals surface area contributed by atoms with Crippen LogP contribution in [0.4, 0.5) is 11.5 Å². The molecule has 2 aliphatic rings. The van der Waals surface area contributed by atoms with Crippen molar-refractivity contribution in [1.29, 1.82) is 0 Å². The molecule has 4 heteroatoms. The number of aromatic nitrogens is 1. The SMILES string of the molecule is Nc1cc(N2CCOC3CCCCC32)ccn1. The Hall–Kier alpha value is -1.29. The number of rotatable bonds is 1. The van der Waals surface area contributed by atoms with Gasteiger partial charge in [-0.15, -0.1) is 0 Å². The number of pyridine rings is 1. The Morgan fingerprint density at radius 3 is 3.12 bits per heavy atom. The third-order valence-corrected chi connectivity index (χ3v) is 3.83. The number of morpholine rings is 1. The van der Waals surface area contributed by atoms with Crippen LogP contribution in [-0.4, -0.2) is 30.3 Å². The Balaban J connectivity index is 1.85. The topological polar surface area (TPSA) is 51.4 Å². The average Bonchev–Trinajstić information content (AvgIpc) is 2.38. The minimum Gasteiger partial charge on any atom is -0.384 e. The molecule has 2 atom stereocenters. The van der Waals surface area contributed by atoms with Crippen LogP contribution in [0.3, 0.4) is 0 Å². The third kappa shape index (κ3) is 2.09. The van der Waals surface area contributed by atoms with E-state index in [-0.39, 0.29) is 0 Å². The van der Waals surface area contributed by atoms with E-state index in [0.29, 0.717) is 18.0 Å². The van der Waals surface area contributed by atoms with Crippen LogP contribution in [0, 0.1) is 0 Å². The molecule has 1 aromatic heterocycles. The highest BCUT2D eigenvalue weighted by Gasteiger charge is 2.34. The van der Waals surface area contributed by atoms with Gasteiger partial charge in [-0.25, -0.2) is 4.98 Å². The molecule has 92 valence electrons. The van der Waals surface area contributed by atoms with Crippen LogP contribution in [-0.2, 0) is 4.74 Å². The Morgan fingerprint density at radius 2 is 2.24 bits per heavy atom. The molecule has 1 saturated carbocycles. The maximum atomic E-state index is 5.88. The lowest BCUT2D eigenvalue weighted by Gasteiger charge is -2.45. The van der Waals surface area contributed by atoms with Crippen LogP contribution < -0.4 is 10.6 Å². The molecule has 2 N–H and O–H groups in total. The summed E-state index contributed by atoms with van der Waals surface area (Å²) in [4.78, 5) is 6.51. The van der Waals surface area contributed by atoms with Crippen LogP contribution >= 0.6 is 0 Å². The van der Waals surface area contributed by atoms with Crippen molar-refractivity contribution in [3.05, 3.63) is 18.3 Å². The summed E-state index contributed by atoms with van der Waals surface area (Å²) >= 11 is 0. The lowest BCUT2D eigenvalue weighted by Crippen LogP contribution is -2.52. The number of hydrogen-bond acceptors (Lipinski definition) is 4. The summed E-state index contributed by atoms with van der Waals surface area (Å²) in [6, 6.07) is 4.55. The number of fused-ring (bicyclic) bond motifs is 1. The molecule has 0 aromatic carbocycles. The summed E-state index contributed by atoms with van der Waals surface area (Å²) in [5.41, 5.74) is 6.96. The molecule has 1 aliphatic carbocycles. The minimum atomic E-state index is 0.409. The van der Waals surface area contributed by atoms with Crippen LogP contribution in [0.25, 0.3) is 0 Å².